The Labute approximate surface area is 102 Å². The number of fused-ring (bicyclic) bond motifs is 3. The Morgan fingerprint density at radius 3 is 3.00 bits per heavy atom. The summed E-state index contributed by atoms with van der Waals surface area (Å²) in [5, 5.41) is 9.24. The van der Waals surface area contributed by atoms with Gasteiger partial charge in [-0.15, -0.1) is 0 Å². The zero-order chi connectivity index (χ0) is 12.0. The van der Waals surface area contributed by atoms with Gasteiger partial charge >= 0.3 is 0 Å². The molecule has 0 aliphatic rings. The number of aromatic amines is 2. The maximum Gasteiger partial charge on any atom is 0.259 e. The van der Waals surface area contributed by atoms with Crippen LogP contribution < -0.4 is 5.56 Å². The van der Waals surface area contributed by atoms with E-state index in [9.17, 15) is 4.79 Å². The van der Waals surface area contributed by atoms with Crippen LogP contribution in [0.1, 0.15) is 12.6 Å². The molecule has 0 bridgehead atoms. The first-order valence-corrected chi connectivity index (χ1v) is 5.77. The number of H-pyrrole nitrogens is 2. The van der Waals surface area contributed by atoms with Crippen LogP contribution in [-0.4, -0.2) is 15.2 Å². The highest BCUT2D eigenvalue weighted by Crippen LogP contribution is 2.24. The lowest BCUT2D eigenvalue weighted by molar-refractivity contribution is 0.988. The van der Waals surface area contributed by atoms with Gasteiger partial charge in [0.2, 0.25) is 0 Å². The largest absolute Gasteiger partial charge is 0.321 e. The van der Waals surface area contributed by atoms with Gasteiger partial charge in [0.05, 0.1) is 10.9 Å². The van der Waals surface area contributed by atoms with Crippen LogP contribution in [0.4, 0.5) is 0 Å². The molecule has 3 aromatic rings. The Morgan fingerprint density at radius 2 is 2.24 bits per heavy atom. The molecule has 0 atom stereocenters. The second kappa shape index (κ2) is 3.60. The molecule has 0 fully saturated rings. The van der Waals surface area contributed by atoms with Crippen molar-refractivity contribution in [2.75, 3.05) is 0 Å². The van der Waals surface area contributed by atoms with Gasteiger partial charge in [-0.2, -0.15) is 5.10 Å². The number of aryl methyl sites for hydroxylation is 1. The fourth-order valence-corrected chi connectivity index (χ4v) is 2.25. The summed E-state index contributed by atoms with van der Waals surface area (Å²) in [4.78, 5) is 14.8. The number of halogens is 1. The minimum atomic E-state index is -0.111. The third kappa shape index (κ3) is 1.45. The molecule has 1 aromatic carbocycles. The molecule has 5 heteroatoms. The second-order valence-electron chi connectivity index (χ2n) is 3.92. The third-order valence-electron chi connectivity index (χ3n) is 2.91. The van der Waals surface area contributed by atoms with Crippen molar-refractivity contribution in [2.45, 2.75) is 13.3 Å². The van der Waals surface area contributed by atoms with Gasteiger partial charge in [0.25, 0.3) is 5.56 Å². The standard InChI is InChI=1S/C12H10ClN3O/c1-2-8-10-11(16-15-8)7-5-6(13)3-4-9(7)14-12(10)17/h3-5H,2H2,1H3,(H,14,17)(H,15,16). The number of rotatable bonds is 1. The van der Waals surface area contributed by atoms with Crippen molar-refractivity contribution in [3.8, 4) is 0 Å². The fourth-order valence-electron chi connectivity index (χ4n) is 2.08. The molecule has 0 radical (unpaired) electrons. The van der Waals surface area contributed by atoms with E-state index >= 15 is 0 Å². The van der Waals surface area contributed by atoms with Crippen LogP contribution >= 0.6 is 11.6 Å². The van der Waals surface area contributed by atoms with Gasteiger partial charge in [-0.05, 0) is 24.6 Å². The van der Waals surface area contributed by atoms with Crippen LogP contribution in [0.2, 0.25) is 5.02 Å². The summed E-state index contributed by atoms with van der Waals surface area (Å²) in [6, 6.07) is 5.35. The summed E-state index contributed by atoms with van der Waals surface area (Å²) in [5.74, 6) is 0. The van der Waals surface area contributed by atoms with Gasteiger partial charge in [0.1, 0.15) is 5.52 Å². The summed E-state index contributed by atoms with van der Waals surface area (Å²) < 4.78 is 0. The average Bonchev–Trinajstić information content (AvgIpc) is 2.75. The van der Waals surface area contributed by atoms with E-state index in [0.717, 1.165) is 23.0 Å². The number of pyridine rings is 1. The van der Waals surface area contributed by atoms with Crippen molar-refractivity contribution in [3.63, 3.8) is 0 Å². The number of aromatic nitrogens is 3. The zero-order valence-corrected chi connectivity index (χ0v) is 9.93. The molecule has 4 nitrogen and oxygen atoms in total. The van der Waals surface area contributed by atoms with Gasteiger partial charge in [-0.1, -0.05) is 18.5 Å². The van der Waals surface area contributed by atoms with Crippen molar-refractivity contribution in [2.24, 2.45) is 0 Å². The first-order valence-electron chi connectivity index (χ1n) is 5.39. The molecular weight excluding hydrogens is 238 g/mol. The SMILES string of the molecule is CCc1[nH]nc2c1c(=O)[nH]c1ccc(Cl)cc12. The van der Waals surface area contributed by atoms with Crippen LogP contribution in [0.3, 0.4) is 0 Å². The lowest BCUT2D eigenvalue weighted by Crippen LogP contribution is -2.06. The lowest BCUT2D eigenvalue weighted by Gasteiger charge is -1.99. The van der Waals surface area contributed by atoms with E-state index in [4.69, 9.17) is 11.6 Å². The lowest BCUT2D eigenvalue weighted by atomic mass is 10.1. The van der Waals surface area contributed by atoms with E-state index in [2.05, 4.69) is 15.2 Å². The summed E-state index contributed by atoms with van der Waals surface area (Å²) in [7, 11) is 0. The van der Waals surface area contributed by atoms with Crippen LogP contribution in [0.5, 0.6) is 0 Å². The predicted octanol–water partition coefficient (Wildman–Crippen LogP) is 2.62. The molecule has 2 N–H and O–H groups in total. The summed E-state index contributed by atoms with van der Waals surface area (Å²) >= 11 is 5.97. The molecule has 2 heterocycles. The highest BCUT2D eigenvalue weighted by molar-refractivity contribution is 6.31. The molecule has 0 saturated carbocycles. The molecule has 0 aliphatic carbocycles. The summed E-state index contributed by atoms with van der Waals surface area (Å²) in [5.41, 5.74) is 2.17. The number of nitrogens with one attached hydrogen (secondary N) is 2. The molecule has 17 heavy (non-hydrogen) atoms. The predicted molar refractivity (Wildman–Crippen MR) is 68.6 cm³/mol. The van der Waals surface area contributed by atoms with Gasteiger partial charge < -0.3 is 4.98 Å². The summed E-state index contributed by atoms with van der Waals surface area (Å²) in [6.45, 7) is 1.98. The maximum atomic E-state index is 12.0. The molecule has 86 valence electrons. The van der Waals surface area contributed by atoms with E-state index in [1.807, 2.05) is 13.0 Å². The number of hydrogen-bond donors (Lipinski definition) is 2. The Morgan fingerprint density at radius 1 is 1.41 bits per heavy atom. The quantitative estimate of drug-likeness (QED) is 0.694. The van der Waals surface area contributed by atoms with Gasteiger partial charge in [-0.25, -0.2) is 0 Å². The topological polar surface area (TPSA) is 61.5 Å². The smallest absolute Gasteiger partial charge is 0.259 e. The van der Waals surface area contributed by atoms with Crippen LogP contribution in [0, 0.1) is 0 Å². The van der Waals surface area contributed by atoms with Crippen LogP contribution in [0.15, 0.2) is 23.0 Å². The average molecular weight is 248 g/mol. The van der Waals surface area contributed by atoms with E-state index < -0.39 is 0 Å². The van der Waals surface area contributed by atoms with Crippen LogP contribution in [-0.2, 0) is 6.42 Å². The highest BCUT2D eigenvalue weighted by Gasteiger charge is 2.12. The van der Waals surface area contributed by atoms with Gasteiger partial charge in [0.15, 0.2) is 0 Å². The van der Waals surface area contributed by atoms with Crippen LogP contribution in [0.25, 0.3) is 21.8 Å². The van der Waals surface area contributed by atoms with E-state index in [1.54, 1.807) is 12.1 Å². The maximum absolute atomic E-state index is 12.0. The Balaban J connectivity index is 2.59. The molecule has 0 saturated heterocycles. The zero-order valence-electron chi connectivity index (χ0n) is 9.17. The molecule has 0 spiro atoms. The molecule has 0 unspecified atom stereocenters. The number of nitrogens with zero attached hydrogens (tertiary/aromatic N) is 1. The second-order valence-corrected chi connectivity index (χ2v) is 4.36. The highest BCUT2D eigenvalue weighted by atomic mass is 35.5. The first kappa shape index (κ1) is 10.4. The first-order chi connectivity index (χ1) is 8.20. The van der Waals surface area contributed by atoms with Crippen molar-refractivity contribution < 1.29 is 0 Å². The molecular formula is C12H10ClN3O. The molecule has 3 rings (SSSR count). The minimum absolute atomic E-state index is 0.111. The summed E-state index contributed by atoms with van der Waals surface area (Å²) in [6.07, 6.45) is 0.742. The van der Waals surface area contributed by atoms with Crippen molar-refractivity contribution in [1.82, 2.24) is 15.2 Å². The molecule has 0 amide bonds. The number of hydrogen-bond acceptors (Lipinski definition) is 2. The van der Waals surface area contributed by atoms with Crippen molar-refractivity contribution in [3.05, 3.63) is 39.3 Å². The van der Waals surface area contributed by atoms with Gasteiger partial charge in [0, 0.05) is 16.1 Å². The third-order valence-corrected chi connectivity index (χ3v) is 3.14. The van der Waals surface area contributed by atoms with Gasteiger partial charge in [-0.3, -0.25) is 9.89 Å². The van der Waals surface area contributed by atoms with E-state index in [0.29, 0.717) is 15.9 Å². The van der Waals surface area contributed by atoms with E-state index in [1.165, 1.54) is 0 Å². The Bertz CT molecular complexity index is 772. The van der Waals surface area contributed by atoms with E-state index in [-0.39, 0.29) is 5.56 Å². The Kier molecular flexibility index (Phi) is 2.19. The number of benzene rings is 1. The fraction of sp³-hybridized carbons (Fsp3) is 0.167. The van der Waals surface area contributed by atoms with Crippen molar-refractivity contribution >= 4 is 33.4 Å². The van der Waals surface area contributed by atoms with Crippen molar-refractivity contribution in [1.29, 1.82) is 0 Å². The Hall–Kier alpha value is -1.81. The molecule has 0 aliphatic heterocycles. The molecule has 2 aromatic heterocycles. The minimum Gasteiger partial charge on any atom is -0.321 e. The monoisotopic (exact) mass is 247 g/mol. The normalized spacial score (nSPS) is 11.4.